The Hall–Kier alpha value is -1.58. The van der Waals surface area contributed by atoms with Gasteiger partial charge < -0.3 is 14.2 Å². The maximum absolute atomic E-state index is 6.02. The fraction of sp³-hybridized carbons (Fsp3) is 0.400. The largest absolute Gasteiger partial charge is 0.493 e. The van der Waals surface area contributed by atoms with E-state index in [4.69, 9.17) is 37.4 Å². The maximum atomic E-state index is 6.02. The molecule has 0 aromatic heterocycles. The molecule has 0 bridgehead atoms. The summed E-state index contributed by atoms with van der Waals surface area (Å²) >= 11 is 11.4. The summed E-state index contributed by atoms with van der Waals surface area (Å²) in [6.45, 7) is 5.21. The lowest BCUT2D eigenvalue weighted by atomic mass is 10.2. The molecule has 0 spiro atoms. The van der Waals surface area contributed by atoms with E-state index in [9.17, 15) is 0 Å². The molecule has 0 atom stereocenters. The van der Waals surface area contributed by atoms with Crippen LogP contribution in [0, 0.1) is 13.8 Å². The van der Waals surface area contributed by atoms with Gasteiger partial charge in [-0.15, -0.1) is 23.2 Å². The second-order valence-corrected chi connectivity index (χ2v) is 6.60. The Labute approximate surface area is 159 Å². The molecule has 5 heteroatoms. The highest BCUT2D eigenvalue weighted by atomic mass is 35.5. The van der Waals surface area contributed by atoms with E-state index in [1.807, 2.05) is 50.2 Å². The van der Waals surface area contributed by atoms with Gasteiger partial charge in [0.05, 0.1) is 13.2 Å². The summed E-state index contributed by atoms with van der Waals surface area (Å²) in [4.78, 5) is 0. The first-order valence-electron chi connectivity index (χ1n) is 8.39. The van der Waals surface area contributed by atoms with Gasteiger partial charge in [0.15, 0.2) is 0 Å². The van der Waals surface area contributed by atoms with E-state index < -0.39 is 0 Å². The third-order valence-electron chi connectivity index (χ3n) is 3.38. The molecule has 2 aromatic carbocycles. The summed E-state index contributed by atoms with van der Waals surface area (Å²) in [5.41, 5.74) is 2.15. The summed E-state index contributed by atoms with van der Waals surface area (Å²) in [6, 6.07) is 11.7. The lowest BCUT2D eigenvalue weighted by Crippen LogP contribution is -1.99. The van der Waals surface area contributed by atoms with Crippen LogP contribution in [0.2, 0.25) is 0 Å². The summed E-state index contributed by atoms with van der Waals surface area (Å²) in [7, 11) is 0. The van der Waals surface area contributed by atoms with E-state index in [-0.39, 0.29) is 0 Å². The standard InChI is InChI=1S/C20H24Cl2O3/c1-15-9-17(23-7-3-5-21)13-19(11-15)25-20-12-16(2)10-18(14-20)24-8-4-6-22/h9-14H,3-8H2,1-2H3. The van der Waals surface area contributed by atoms with Crippen LogP contribution in [0.3, 0.4) is 0 Å². The molecule has 136 valence electrons. The number of rotatable bonds is 10. The van der Waals surface area contributed by atoms with Gasteiger partial charge >= 0.3 is 0 Å². The number of benzene rings is 2. The third kappa shape index (κ3) is 7.05. The van der Waals surface area contributed by atoms with Crippen LogP contribution in [-0.4, -0.2) is 25.0 Å². The second kappa shape index (κ2) is 10.4. The zero-order valence-electron chi connectivity index (χ0n) is 14.7. The Kier molecular flexibility index (Phi) is 8.23. The topological polar surface area (TPSA) is 27.7 Å². The highest BCUT2D eigenvalue weighted by Crippen LogP contribution is 2.30. The quantitative estimate of drug-likeness (QED) is 0.366. The zero-order valence-corrected chi connectivity index (χ0v) is 16.2. The number of aryl methyl sites for hydroxylation is 2. The molecule has 25 heavy (non-hydrogen) atoms. The van der Waals surface area contributed by atoms with E-state index in [0.29, 0.717) is 25.0 Å². The van der Waals surface area contributed by atoms with Crippen LogP contribution >= 0.6 is 23.2 Å². The summed E-state index contributed by atoms with van der Waals surface area (Å²) < 4.78 is 17.5. The molecule has 2 aromatic rings. The molecule has 0 saturated carbocycles. The van der Waals surface area contributed by atoms with E-state index in [2.05, 4.69) is 0 Å². The first-order chi connectivity index (χ1) is 12.1. The van der Waals surface area contributed by atoms with Gasteiger partial charge in [-0.05, 0) is 62.1 Å². The minimum atomic E-state index is 0.588. The summed E-state index contributed by atoms with van der Waals surface area (Å²) in [5.74, 6) is 4.21. The molecule has 0 radical (unpaired) electrons. The molecular formula is C20H24Cl2O3. The highest BCUT2D eigenvalue weighted by Gasteiger charge is 2.06. The van der Waals surface area contributed by atoms with Gasteiger partial charge in [0.25, 0.3) is 0 Å². The molecule has 0 N–H and O–H groups in total. The average Bonchev–Trinajstić information content (AvgIpc) is 2.54. The van der Waals surface area contributed by atoms with Crippen LogP contribution in [0.25, 0.3) is 0 Å². The zero-order chi connectivity index (χ0) is 18.1. The molecule has 0 unspecified atom stereocenters. The molecule has 0 heterocycles. The Morgan fingerprint density at radius 1 is 0.640 bits per heavy atom. The Morgan fingerprint density at radius 3 is 1.44 bits per heavy atom. The van der Waals surface area contributed by atoms with Crippen molar-refractivity contribution >= 4 is 23.2 Å². The molecule has 2 rings (SSSR count). The van der Waals surface area contributed by atoms with E-state index in [0.717, 1.165) is 47.0 Å². The van der Waals surface area contributed by atoms with Crippen molar-refractivity contribution in [1.29, 1.82) is 0 Å². The molecular weight excluding hydrogens is 359 g/mol. The van der Waals surface area contributed by atoms with Crippen LogP contribution < -0.4 is 14.2 Å². The maximum Gasteiger partial charge on any atom is 0.131 e. The lowest BCUT2D eigenvalue weighted by molar-refractivity contribution is 0.314. The molecule has 0 aliphatic rings. The Balaban J connectivity index is 2.10. The molecule has 0 aliphatic carbocycles. The van der Waals surface area contributed by atoms with Crippen molar-refractivity contribution in [3.05, 3.63) is 47.5 Å². The van der Waals surface area contributed by atoms with E-state index in [1.165, 1.54) is 0 Å². The van der Waals surface area contributed by atoms with Crippen LogP contribution in [-0.2, 0) is 0 Å². The van der Waals surface area contributed by atoms with Gasteiger partial charge in [0.2, 0.25) is 0 Å². The fourth-order valence-corrected chi connectivity index (χ4v) is 2.56. The molecule has 3 nitrogen and oxygen atoms in total. The number of alkyl halides is 2. The molecule has 0 saturated heterocycles. The van der Waals surface area contributed by atoms with Crippen LogP contribution in [0.15, 0.2) is 36.4 Å². The normalized spacial score (nSPS) is 10.6. The molecule has 0 aliphatic heterocycles. The van der Waals surface area contributed by atoms with Crippen molar-refractivity contribution in [2.24, 2.45) is 0 Å². The first kappa shape index (κ1) is 19.7. The Bertz CT molecular complexity index is 616. The van der Waals surface area contributed by atoms with E-state index >= 15 is 0 Å². The monoisotopic (exact) mass is 382 g/mol. The fourth-order valence-electron chi connectivity index (χ4n) is 2.34. The number of hydrogen-bond donors (Lipinski definition) is 0. The predicted molar refractivity (Wildman–Crippen MR) is 104 cm³/mol. The number of hydrogen-bond acceptors (Lipinski definition) is 3. The van der Waals surface area contributed by atoms with Gasteiger partial charge in [-0.1, -0.05) is 0 Å². The van der Waals surface area contributed by atoms with Crippen molar-refractivity contribution in [3.63, 3.8) is 0 Å². The Morgan fingerprint density at radius 2 is 1.04 bits per heavy atom. The third-order valence-corrected chi connectivity index (χ3v) is 3.91. The van der Waals surface area contributed by atoms with Gasteiger partial charge in [-0.25, -0.2) is 0 Å². The van der Waals surface area contributed by atoms with Gasteiger partial charge in [0.1, 0.15) is 23.0 Å². The predicted octanol–water partition coefficient (Wildman–Crippen LogP) is 6.11. The van der Waals surface area contributed by atoms with Gasteiger partial charge in [-0.2, -0.15) is 0 Å². The average molecular weight is 383 g/mol. The van der Waals surface area contributed by atoms with Crippen LogP contribution in [0.4, 0.5) is 0 Å². The van der Waals surface area contributed by atoms with Crippen molar-refractivity contribution in [3.8, 4) is 23.0 Å². The van der Waals surface area contributed by atoms with Gasteiger partial charge in [0, 0.05) is 23.9 Å². The van der Waals surface area contributed by atoms with Crippen molar-refractivity contribution in [2.45, 2.75) is 26.7 Å². The minimum Gasteiger partial charge on any atom is -0.493 e. The van der Waals surface area contributed by atoms with Crippen LogP contribution in [0.1, 0.15) is 24.0 Å². The first-order valence-corrected chi connectivity index (χ1v) is 9.46. The smallest absolute Gasteiger partial charge is 0.131 e. The molecule has 0 amide bonds. The summed E-state index contributed by atoms with van der Waals surface area (Å²) in [6.07, 6.45) is 1.62. The summed E-state index contributed by atoms with van der Waals surface area (Å²) in [5, 5.41) is 0. The van der Waals surface area contributed by atoms with Crippen LogP contribution in [0.5, 0.6) is 23.0 Å². The van der Waals surface area contributed by atoms with Crippen molar-refractivity contribution in [1.82, 2.24) is 0 Å². The molecule has 0 fully saturated rings. The second-order valence-electron chi connectivity index (χ2n) is 5.85. The minimum absolute atomic E-state index is 0.588. The highest BCUT2D eigenvalue weighted by molar-refractivity contribution is 6.18. The SMILES string of the molecule is Cc1cc(OCCCCl)cc(Oc2cc(C)cc(OCCCCl)c2)c1. The number of ether oxygens (including phenoxy) is 3. The van der Waals surface area contributed by atoms with E-state index in [1.54, 1.807) is 0 Å². The number of halogens is 2. The lowest BCUT2D eigenvalue weighted by Gasteiger charge is -2.13. The van der Waals surface area contributed by atoms with Gasteiger partial charge in [-0.3, -0.25) is 0 Å². The van der Waals surface area contributed by atoms with Crippen molar-refractivity contribution < 1.29 is 14.2 Å². The van der Waals surface area contributed by atoms with Crippen molar-refractivity contribution in [2.75, 3.05) is 25.0 Å².